The summed E-state index contributed by atoms with van der Waals surface area (Å²) >= 11 is 3.35. The highest BCUT2D eigenvalue weighted by atomic mass is 79.9. The molecule has 1 atom stereocenters. The first-order valence-corrected chi connectivity index (χ1v) is 9.06. The predicted molar refractivity (Wildman–Crippen MR) is 84.6 cm³/mol. The molecule has 0 bridgehead atoms. The van der Waals surface area contributed by atoms with Crippen LogP contribution in [0.2, 0.25) is 0 Å². The predicted octanol–water partition coefficient (Wildman–Crippen LogP) is 3.08. The van der Waals surface area contributed by atoms with Crippen molar-refractivity contribution in [2.45, 2.75) is 30.7 Å². The smallest absolute Gasteiger partial charge is 0.241 e. The highest BCUT2D eigenvalue weighted by Crippen LogP contribution is 2.22. The Balaban J connectivity index is 2.32. The highest BCUT2D eigenvalue weighted by molar-refractivity contribution is 9.09. The molecule has 2 aromatic rings. The van der Waals surface area contributed by atoms with Crippen LogP contribution < -0.4 is 4.72 Å². The third-order valence-electron chi connectivity index (χ3n) is 3.06. The Morgan fingerprint density at radius 3 is 2.90 bits per heavy atom. The van der Waals surface area contributed by atoms with Crippen LogP contribution in [0.5, 0.6) is 0 Å². The number of nitrogens with one attached hydrogen (secondary N) is 1. The highest BCUT2D eigenvalue weighted by Gasteiger charge is 2.19. The van der Waals surface area contributed by atoms with Crippen molar-refractivity contribution >= 4 is 36.7 Å². The molecule has 1 heterocycles. The van der Waals surface area contributed by atoms with Crippen LogP contribution in [0.25, 0.3) is 10.8 Å². The van der Waals surface area contributed by atoms with Gasteiger partial charge in [-0.25, -0.2) is 13.1 Å². The number of alkyl halides is 1. The molecule has 1 aromatic heterocycles. The fourth-order valence-corrected chi connectivity index (χ4v) is 3.93. The SMILES string of the molecule is CC(CCCBr)NS(=O)(=O)c1cccc2cnccc12. The Hall–Kier alpha value is -0.980. The second-order valence-corrected chi connectivity index (χ2v) is 7.18. The summed E-state index contributed by atoms with van der Waals surface area (Å²) in [7, 11) is -3.51. The molecular weight excluding hydrogens is 340 g/mol. The first-order chi connectivity index (χ1) is 9.54. The van der Waals surface area contributed by atoms with E-state index >= 15 is 0 Å². The first-order valence-electron chi connectivity index (χ1n) is 6.45. The fraction of sp³-hybridized carbons (Fsp3) is 0.357. The topological polar surface area (TPSA) is 59.1 Å². The van der Waals surface area contributed by atoms with Gasteiger partial charge in [-0.15, -0.1) is 0 Å². The van der Waals surface area contributed by atoms with E-state index in [9.17, 15) is 8.42 Å². The van der Waals surface area contributed by atoms with Crippen LogP contribution in [-0.4, -0.2) is 24.8 Å². The first kappa shape index (κ1) is 15.4. The molecular formula is C14H17BrN2O2S. The van der Waals surface area contributed by atoms with Crippen molar-refractivity contribution in [1.29, 1.82) is 0 Å². The van der Waals surface area contributed by atoms with Crippen LogP contribution in [0.4, 0.5) is 0 Å². The molecule has 4 nitrogen and oxygen atoms in total. The molecule has 108 valence electrons. The van der Waals surface area contributed by atoms with E-state index in [1.165, 1.54) is 0 Å². The van der Waals surface area contributed by atoms with Crippen molar-refractivity contribution in [3.63, 3.8) is 0 Å². The number of halogens is 1. The van der Waals surface area contributed by atoms with Gasteiger partial charge in [-0.2, -0.15) is 0 Å². The van der Waals surface area contributed by atoms with Gasteiger partial charge in [0.1, 0.15) is 0 Å². The zero-order chi connectivity index (χ0) is 14.6. The number of pyridine rings is 1. The summed E-state index contributed by atoms with van der Waals surface area (Å²) in [6.07, 6.45) is 5.01. The van der Waals surface area contributed by atoms with Gasteiger partial charge in [0.25, 0.3) is 0 Å². The summed E-state index contributed by atoms with van der Waals surface area (Å²) < 4.78 is 27.7. The zero-order valence-electron chi connectivity index (χ0n) is 11.2. The summed E-state index contributed by atoms with van der Waals surface area (Å²) in [4.78, 5) is 4.33. The van der Waals surface area contributed by atoms with Gasteiger partial charge in [0, 0.05) is 34.5 Å². The lowest BCUT2D eigenvalue weighted by molar-refractivity contribution is 0.546. The molecule has 0 spiro atoms. The molecule has 2 rings (SSSR count). The Labute approximate surface area is 127 Å². The van der Waals surface area contributed by atoms with E-state index in [4.69, 9.17) is 0 Å². The molecule has 20 heavy (non-hydrogen) atoms. The molecule has 0 amide bonds. The minimum absolute atomic E-state index is 0.0883. The Morgan fingerprint density at radius 1 is 1.35 bits per heavy atom. The fourth-order valence-electron chi connectivity index (χ4n) is 2.10. The van der Waals surface area contributed by atoms with E-state index < -0.39 is 10.0 Å². The average molecular weight is 357 g/mol. The van der Waals surface area contributed by atoms with E-state index in [-0.39, 0.29) is 6.04 Å². The third kappa shape index (κ3) is 3.56. The summed E-state index contributed by atoms with van der Waals surface area (Å²) in [6, 6.07) is 6.86. The average Bonchev–Trinajstić information content (AvgIpc) is 2.44. The molecule has 0 saturated carbocycles. The number of nitrogens with zero attached hydrogens (tertiary/aromatic N) is 1. The normalized spacial score (nSPS) is 13.5. The summed E-state index contributed by atoms with van der Waals surface area (Å²) in [5.74, 6) is 0. The number of hydrogen-bond acceptors (Lipinski definition) is 3. The van der Waals surface area contributed by atoms with E-state index in [2.05, 4.69) is 25.6 Å². The maximum Gasteiger partial charge on any atom is 0.241 e. The number of fused-ring (bicyclic) bond motifs is 1. The van der Waals surface area contributed by atoms with E-state index in [1.54, 1.807) is 30.6 Å². The Bertz CT molecular complexity index is 683. The minimum atomic E-state index is -3.51. The van der Waals surface area contributed by atoms with E-state index in [1.807, 2.05) is 13.0 Å². The summed E-state index contributed by atoms with van der Waals surface area (Å²) in [5, 5.41) is 2.39. The second kappa shape index (κ2) is 6.65. The number of sulfonamides is 1. The van der Waals surface area contributed by atoms with Crippen molar-refractivity contribution in [1.82, 2.24) is 9.71 Å². The molecule has 1 aromatic carbocycles. The maximum atomic E-state index is 12.5. The van der Waals surface area contributed by atoms with Crippen LogP contribution in [0.3, 0.4) is 0 Å². The molecule has 0 saturated heterocycles. The van der Waals surface area contributed by atoms with Crippen LogP contribution in [0.1, 0.15) is 19.8 Å². The maximum absolute atomic E-state index is 12.5. The number of hydrogen-bond donors (Lipinski definition) is 1. The quantitative estimate of drug-likeness (QED) is 0.809. The van der Waals surface area contributed by atoms with Gasteiger partial charge >= 0.3 is 0 Å². The minimum Gasteiger partial charge on any atom is -0.264 e. The van der Waals surface area contributed by atoms with Crippen LogP contribution in [0, 0.1) is 0 Å². The molecule has 1 unspecified atom stereocenters. The molecule has 6 heteroatoms. The monoisotopic (exact) mass is 356 g/mol. The molecule has 0 aliphatic heterocycles. The van der Waals surface area contributed by atoms with Gasteiger partial charge < -0.3 is 0 Å². The Morgan fingerprint density at radius 2 is 2.15 bits per heavy atom. The molecule has 0 aliphatic carbocycles. The lowest BCUT2D eigenvalue weighted by Crippen LogP contribution is -2.32. The number of aromatic nitrogens is 1. The van der Waals surface area contributed by atoms with Gasteiger partial charge in [0.15, 0.2) is 0 Å². The van der Waals surface area contributed by atoms with Crippen molar-refractivity contribution in [2.75, 3.05) is 5.33 Å². The summed E-state index contributed by atoms with van der Waals surface area (Å²) in [6.45, 7) is 1.88. The lowest BCUT2D eigenvalue weighted by atomic mass is 10.2. The van der Waals surface area contributed by atoms with E-state index in [0.29, 0.717) is 10.3 Å². The van der Waals surface area contributed by atoms with Gasteiger partial charge in [0.05, 0.1) is 4.90 Å². The summed E-state index contributed by atoms with van der Waals surface area (Å²) in [5.41, 5.74) is 0. The van der Waals surface area contributed by atoms with Crippen LogP contribution in [-0.2, 0) is 10.0 Å². The third-order valence-corrected chi connectivity index (χ3v) is 5.27. The molecule has 0 aliphatic rings. The van der Waals surface area contributed by atoms with Crippen molar-refractivity contribution in [2.24, 2.45) is 0 Å². The van der Waals surface area contributed by atoms with Gasteiger partial charge in [-0.3, -0.25) is 4.98 Å². The van der Waals surface area contributed by atoms with Crippen LogP contribution >= 0.6 is 15.9 Å². The second-order valence-electron chi connectivity index (χ2n) is 4.71. The standard InChI is InChI=1S/C14H17BrN2O2S/c1-11(4-3-8-15)17-20(18,19)14-6-2-5-12-10-16-9-7-13(12)14/h2,5-7,9-11,17H,3-4,8H2,1H3. The van der Waals surface area contributed by atoms with Crippen molar-refractivity contribution in [3.05, 3.63) is 36.7 Å². The molecule has 0 fully saturated rings. The zero-order valence-corrected chi connectivity index (χ0v) is 13.6. The van der Waals surface area contributed by atoms with E-state index in [0.717, 1.165) is 23.6 Å². The van der Waals surface area contributed by atoms with Gasteiger partial charge in [0.2, 0.25) is 10.0 Å². The number of benzene rings is 1. The number of rotatable bonds is 6. The van der Waals surface area contributed by atoms with Crippen molar-refractivity contribution in [3.8, 4) is 0 Å². The van der Waals surface area contributed by atoms with Gasteiger partial charge in [-0.1, -0.05) is 28.1 Å². The molecule has 1 N–H and O–H groups in total. The van der Waals surface area contributed by atoms with Crippen molar-refractivity contribution < 1.29 is 8.42 Å². The van der Waals surface area contributed by atoms with Crippen LogP contribution in [0.15, 0.2) is 41.6 Å². The Kier molecular flexibility index (Phi) is 5.12. The molecule has 0 radical (unpaired) electrons. The van der Waals surface area contributed by atoms with Gasteiger partial charge in [-0.05, 0) is 31.9 Å². The largest absolute Gasteiger partial charge is 0.264 e. The lowest BCUT2D eigenvalue weighted by Gasteiger charge is -2.14.